The standard InChI is InChI=1S/C19H24N2/c1-19(2,3)16-9-5-4-8-14(16)17(20)15-11-10-13-7-6-12-21-18(13)15/h4-9,12,15,17H,10-11,20H2,1-3H3. The second kappa shape index (κ2) is 5.27. The second-order valence-electron chi connectivity index (χ2n) is 7.06. The van der Waals surface area contributed by atoms with E-state index in [1.807, 2.05) is 12.3 Å². The Kier molecular flexibility index (Phi) is 3.58. The van der Waals surface area contributed by atoms with Gasteiger partial charge in [0.05, 0.1) is 0 Å². The Morgan fingerprint density at radius 3 is 2.67 bits per heavy atom. The van der Waals surface area contributed by atoms with Crippen LogP contribution in [0.2, 0.25) is 0 Å². The molecule has 2 N–H and O–H groups in total. The van der Waals surface area contributed by atoms with Gasteiger partial charge < -0.3 is 5.73 Å². The summed E-state index contributed by atoms with van der Waals surface area (Å²) in [6.45, 7) is 6.75. The van der Waals surface area contributed by atoms with E-state index in [0.717, 1.165) is 12.8 Å². The predicted molar refractivity (Wildman–Crippen MR) is 87.4 cm³/mol. The SMILES string of the molecule is CC(C)(C)c1ccccc1C(N)C1CCc2cccnc21. The van der Waals surface area contributed by atoms with Gasteiger partial charge in [0.15, 0.2) is 0 Å². The van der Waals surface area contributed by atoms with Crippen LogP contribution in [0.1, 0.15) is 61.5 Å². The molecule has 0 aliphatic heterocycles. The minimum atomic E-state index is 0.0246. The summed E-state index contributed by atoms with van der Waals surface area (Å²) in [4.78, 5) is 4.60. The van der Waals surface area contributed by atoms with Crippen LogP contribution in [-0.2, 0) is 11.8 Å². The third kappa shape index (κ3) is 2.60. The first kappa shape index (κ1) is 14.3. The molecular formula is C19H24N2. The van der Waals surface area contributed by atoms with E-state index in [2.05, 4.69) is 56.1 Å². The molecule has 2 nitrogen and oxygen atoms in total. The molecule has 3 rings (SSSR count). The number of pyridine rings is 1. The molecule has 0 saturated heterocycles. The Labute approximate surface area is 127 Å². The maximum absolute atomic E-state index is 6.67. The number of nitrogens with two attached hydrogens (primary N) is 1. The molecular weight excluding hydrogens is 256 g/mol. The van der Waals surface area contributed by atoms with E-state index in [1.54, 1.807) is 0 Å². The molecule has 0 fully saturated rings. The minimum Gasteiger partial charge on any atom is -0.323 e. The van der Waals surface area contributed by atoms with Gasteiger partial charge >= 0.3 is 0 Å². The highest BCUT2D eigenvalue weighted by Gasteiger charge is 2.32. The number of aromatic nitrogens is 1. The Bertz CT molecular complexity index is 640. The predicted octanol–water partition coefficient (Wildman–Crippen LogP) is 4.11. The van der Waals surface area contributed by atoms with Crippen LogP contribution in [0.15, 0.2) is 42.6 Å². The van der Waals surface area contributed by atoms with E-state index < -0.39 is 0 Å². The van der Waals surface area contributed by atoms with Crippen molar-refractivity contribution in [1.82, 2.24) is 4.98 Å². The summed E-state index contributed by atoms with van der Waals surface area (Å²) in [6.07, 6.45) is 4.09. The molecule has 0 radical (unpaired) electrons. The number of benzene rings is 1. The van der Waals surface area contributed by atoms with Gasteiger partial charge in [-0.15, -0.1) is 0 Å². The van der Waals surface area contributed by atoms with Crippen LogP contribution < -0.4 is 5.73 Å². The molecule has 2 heteroatoms. The van der Waals surface area contributed by atoms with Crippen molar-refractivity contribution >= 4 is 0 Å². The largest absolute Gasteiger partial charge is 0.323 e. The fourth-order valence-electron chi connectivity index (χ4n) is 3.48. The van der Waals surface area contributed by atoms with Gasteiger partial charge in [0, 0.05) is 23.9 Å². The van der Waals surface area contributed by atoms with E-state index in [9.17, 15) is 0 Å². The van der Waals surface area contributed by atoms with Gasteiger partial charge in [-0.1, -0.05) is 51.1 Å². The van der Waals surface area contributed by atoms with Crippen LogP contribution in [0.3, 0.4) is 0 Å². The Balaban J connectivity index is 2.00. The molecule has 0 amide bonds. The first-order valence-electron chi connectivity index (χ1n) is 7.77. The zero-order valence-corrected chi connectivity index (χ0v) is 13.1. The molecule has 1 aliphatic carbocycles. The van der Waals surface area contributed by atoms with E-state index in [0.29, 0.717) is 5.92 Å². The monoisotopic (exact) mass is 280 g/mol. The van der Waals surface area contributed by atoms with E-state index in [4.69, 9.17) is 5.73 Å². The Morgan fingerprint density at radius 2 is 1.90 bits per heavy atom. The van der Waals surface area contributed by atoms with Crippen molar-refractivity contribution < 1.29 is 0 Å². The highest BCUT2D eigenvalue weighted by atomic mass is 14.8. The fourth-order valence-corrected chi connectivity index (χ4v) is 3.48. The second-order valence-corrected chi connectivity index (χ2v) is 7.06. The molecule has 21 heavy (non-hydrogen) atoms. The lowest BCUT2D eigenvalue weighted by molar-refractivity contribution is 0.514. The van der Waals surface area contributed by atoms with Crippen LogP contribution in [0, 0.1) is 0 Å². The summed E-state index contributed by atoms with van der Waals surface area (Å²) in [5.74, 6) is 0.338. The number of fused-ring (bicyclic) bond motifs is 1. The van der Waals surface area contributed by atoms with E-state index >= 15 is 0 Å². The summed E-state index contributed by atoms with van der Waals surface area (Å²) in [7, 11) is 0. The molecule has 0 saturated carbocycles. The third-order valence-corrected chi connectivity index (χ3v) is 4.56. The van der Waals surface area contributed by atoms with Crippen molar-refractivity contribution in [3.05, 3.63) is 65.0 Å². The van der Waals surface area contributed by atoms with Crippen molar-refractivity contribution in [1.29, 1.82) is 0 Å². The molecule has 1 aliphatic rings. The molecule has 0 spiro atoms. The first-order valence-corrected chi connectivity index (χ1v) is 7.77. The molecule has 0 bridgehead atoms. The number of rotatable bonds is 2. The summed E-state index contributed by atoms with van der Waals surface area (Å²) in [6, 6.07) is 12.8. The van der Waals surface area contributed by atoms with Crippen LogP contribution in [0.25, 0.3) is 0 Å². The smallest absolute Gasteiger partial charge is 0.0485 e. The molecule has 1 aromatic carbocycles. The summed E-state index contributed by atoms with van der Waals surface area (Å²) < 4.78 is 0. The number of hydrogen-bond donors (Lipinski definition) is 1. The van der Waals surface area contributed by atoms with E-state index in [-0.39, 0.29) is 11.5 Å². The fraction of sp³-hybridized carbons (Fsp3) is 0.421. The lowest BCUT2D eigenvalue weighted by atomic mass is 9.79. The zero-order chi connectivity index (χ0) is 15.0. The average Bonchev–Trinajstić information content (AvgIpc) is 2.89. The maximum atomic E-state index is 6.67. The maximum Gasteiger partial charge on any atom is 0.0485 e. The average molecular weight is 280 g/mol. The molecule has 2 atom stereocenters. The van der Waals surface area contributed by atoms with Crippen molar-refractivity contribution in [2.45, 2.75) is 51.0 Å². The normalized spacial score (nSPS) is 19.3. The highest BCUT2D eigenvalue weighted by molar-refractivity contribution is 5.39. The highest BCUT2D eigenvalue weighted by Crippen LogP contribution is 2.41. The topological polar surface area (TPSA) is 38.9 Å². The van der Waals surface area contributed by atoms with Gasteiger partial charge in [-0.2, -0.15) is 0 Å². The van der Waals surface area contributed by atoms with Crippen molar-refractivity contribution in [2.75, 3.05) is 0 Å². The van der Waals surface area contributed by atoms with Crippen LogP contribution in [-0.4, -0.2) is 4.98 Å². The van der Waals surface area contributed by atoms with Gasteiger partial charge in [-0.25, -0.2) is 0 Å². The lowest BCUT2D eigenvalue weighted by Gasteiger charge is -2.28. The quantitative estimate of drug-likeness (QED) is 0.899. The Hall–Kier alpha value is -1.67. The zero-order valence-electron chi connectivity index (χ0n) is 13.1. The van der Waals surface area contributed by atoms with Crippen LogP contribution in [0.4, 0.5) is 0 Å². The van der Waals surface area contributed by atoms with Crippen molar-refractivity contribution in [3.63, 3.8) is 0 Å². The molecule has 2 aromatic rings. The molecule has 110 valence electrons. The van der Waals surface area contributed by atoms with Gasteiger partial charge in [0.25, 0.3) is 0 Å². The molecule has 1 heterocycles. The Morgan fingerprint density at radius 1 is 1.14 bits per heavy atom. The van der Waals surface area contributed by atoms with Crippen molar-refractivity contribution in [2.24, 2.45) is 5.73 Å². The molecule has 1 aromatic heterocycles. The van der Waals surface area contributed by atoms with Crippen LogP contribution >= 0.6 is 0 Å². The number of hydrogen-bond acceptors (Lipinski definition) is 2. The van der Waals surface area contributed by atoms with E-state index in [1.165, 1.54) is 22.4 Å². The number of nitrogens with zero attached hydrogens (tertiary/aromatic N) is 1. The van der Waals surface area contributed by atoms with Crippen molar-refractivity contribution in [3.8, 4) is 0 Å². The number of aryl methyl sites for hydroxylation is 1. The van der Waals surface area contributed by atoms with Gasteiger partial charge in [0.1, 0.15) is 0 Å². The van der Waals surface area contributed by atoms with Crippen LogP contribution in [0.5, 0.6) is 0 Å². The van der Waals surface area contributed by atoms with Gasteiger partial charge in [-0.05, 0) is 41.0 Å². The summed E-state index contributed by atoms with van der Waals surface area (Å²) in [5.41, 5.74) is 12.0. The summed E-state index contributed by atoms with van der Waals surface area (Å²) >= 11 is 0. The van der Waals surface area contributed by atoms with Gasteiger partial charge in [-0.3, -0.25) is 4.98 Å². The lowest BCUT2D eigenvalue weighted by Crippen LogP contribution is -2.24. The third-order valence-electron chi connectivity index (χ3n) is 4.56. The minimum absolute atomic E-state index is 0.0246. The summed E-state index contributed by atoms with van der Waals surface area (Å²) in [5, 5.41) is 0. The van der Waals surface area contributed by atoms with Gasteiger partial charge in [0.2, 0.25) is 0 Å². The molecule has 2 unspecified atom stereocenters. The first-order chi connectivity index (χ1) is 9.98.